The molecule has 0 aromatic carbocycles. The molecule has 3 rings (SSSR count). The molecule has 3 amide bonds. The fraction of sp³-hybridized carbons (Fsp3) is 0.333. The van der Waals surface area contributed by atoms with Gasteiger partial charge in [-0.25, -0.2) is 4.98 Å². The van der Waals surface area contributed by atoms with Crippen molar-refractivity contribution in [3.63, 3.8) is 0 Å². The van der Waals surface area contributed by atoms with Gasteiger partial charge in [0.1, 0.15) is 0 Å². The summed E-state index contributed by atoms with van der Waals surface area (Å²) in [5.41, 5.74) is 0. The summed E-state index contributed by atoms with van der Waals surface area (Å²) in [5, 5.41) is 4.50. The van der Waals surface area contributed by atoms with Crippen LogP contribution in [0.25, 0.3) is 6.08 Å². The number of hydrogen-bond acceptors (Lipinski definition) is 6. The third-order valence-electron chi connectivity index (χ3n) is 3.95. The van der Waals surface area contributed by atoms with Gasteiger partial charge in [0.25, 0.3) is 11.1 Å². The first kappa shape index (κ1) is 19.4. The van der Waals surface area contributed by atoms with Crippen molar-refractivity contribution in [2.75, 3.05) is 13.1 Å². The number of carbonyl (C=O) groups excluding carboxylic acids is 3. The van der Waals surface area contributed by atoms with Crippen molar-refractivity contribution >= 4 is 46.2 Å². The number of aromatic nitrogens is 2. The highest BCUT2D eigenvalue weighted by atomic mass is 32.2. The van der Waals surface area contributed by atoms with E-state index >= 15 is 0 Å². The summed E-state index contributed by atoms with van der Waals surface area (Å²) in [4.78, 5) is 42.8. The molecule has 7 nitrogen and oxygen atoms in total. The first-order chi connectivity index (χ1) is 13.1. The molecule has 0 spiro atoms. The lowest BCUT2D eigenvalue weighted by Gasteiger charge is -2.12. The van der Waals surface area contributed by atoms with E-state index < -0.39 is 0 Å². The van der Waals surface area contributed by atoms with Gasteiger partial charge in [0.15, 0.2) is 0 Å². The maximum absolute atomic E-state index is 12.4. The number of carbonyl (C=O) groups is 3. The number of aryl methyl sites for hydroxylation is 1. The van der Waals surface area contributed by atoms with Gasteiger partial charge >= 0.3 is 0 Å². The van der Waals surface area contributed by atoms with Gasteiger partial charge in [-0.3, -0.25) is 19.3 Å². The second-order valence-corrected chi connectivity index (χ2v) is 7.93. The van der Waals surface area contributed by atoms with Crippen molar-refractivity contribution in [1.82, 2.24) is 19.8 Å². The minimum absolute atomic E-state index is 0.0678. The first-order valence-electron chi connectivity index (χ1n) is 8.65. The number of imide groups is 1. The zero-order valence-corrected chi connectivity index (χ0v) is 16.3. The third kappa shape index (κ3) is 5.54. The van der Waals surface area contributed by atoms with Crippen LogP contribution in [0.15, 0.2) is 41.1 Å². The quantitative estimate of drug-likeness (QED) is 0.513. The molecular weight excluding hydrogens is 384 g/mol. The highest BCUT2D eigenvalue weighted by Gasteiger charge is 2.34. The highest BCUT2D eigenvalue weighted by molar-refractivity contribution is 8.18. The molecule has 1 N–H and O–H groups in total. The van der Waals surface area contributed by atoms with Crippen LogP contribution in [0.3, 0.4) is 0 Å². The van der Waals surface area contributed by atoms with E-state index in [-0.39, 0.29) is 30.0 Å². The topological polar surface area (TPSA) is 84.3 Å². The average molecular weight is 405 g/mol. The van der Waals surface area contributed by atoms with Gasteiger partial charge in [0, 0.05) is 43.3 Å². The zero-order valence-electron chi connectivity index (χ0n) is 14.7. The van der Waals surface area contributed by atoms with Gasteiger partial charge in [-0.05, 0) is 42.1 Å². The van der Waals surface area contributed by atoms with Crippen molar-refractivity contribution < 1.29 is 14.4 Å². The maximum atomic E-state index is 12.4. The van der Waals surface area contributed by atoms with Crippen molar-refractivity contribution in [2.24, 2.45) is 0 Å². The number of amides is 3. The summed E-state index contributed by atoms with van der Waals surface area (Å²) in [6.45, 7) is 1.64. The molecule has 3 heterocycles. The molecule has 1 aliphatic heterocycles. The SMILES string of the molecule is O=C(CCCN1C(=O)S/C(=C\c2cccs2)C1=O)NCCCn1ccnc1. The van der Waals surface area contributed by atoms with Gasteiger partial charge in [0.05, 0.1) is 11.2 Å². The van der Waals surface area contributed by atoms with E-state index in [9.17, 15) is 14.4 Å². The van der Waals surface area contributed by atoms with Crippen LogP contribution in [-0.4, -0.2) is 44.6 Å². The molecular formula is C18H20N4O3S2. The molecule has 9 heteroatoms. The van der Waals surface area contributed by atoms with E-state index in [1.165, 1.54) is 16.2 Å². The minimum Gasteiger partial charge on any atom is -0.356 e. The maximum Gasteiger partial charge on any atom is 0.293 e. The Kier molecular flexibility index (Phi) is 6.83. The summed E-state index contributed by atoms with van der Waals surface area (Å²) in [6.07, 6.45) is 8.64. The summed E-state index contributed by atoms with van der Waals surface area (Å²) < 4.78 is 1.95. The number of rotatable bonds is 9. The van der Waals surface area contributed by atoms with Gasteiger partial charge in [0.2, 0.25) is 5.91 Å². The van der Waals surface area contributed by atoms with E-state index in [2.05, 4.69) is 10.3 Å². The Morgan fingerprint density at radius 1 is 1.26 bits per heavy atom. The molecule has 2 aromatic heterocycles. The fourth-order valence-electron chi connectivity index (χ4n) is 2.59. The number of thiophene rings is 1. The summed E-state index contributed by atoms with van der Waals surface area (Å²) >= 11 is 2.47. The smallest absolute Gasteiger partial charge is 0.293 e. The van der Waals surface area contributed by atoms with Gasteiger partial charge < -0.3 is 9.88 Å². The van der Waals surface area contributed by atoms with E-state index in [4.69, 9.17) is 0 Å². The molecule has 27 heavy (non-hydrogen) atoms. The summed E-state index contributed by atoms with van der Waals surface area (Å²) in [5.74, 6) is -0.346. The molecule has 142 valence electrons. The lowest BCUT2D eigenvalue weighted by atomic mass is 10.2. The molecule has 0 radical (unpaired) electrons. The number of thioether (sulfide) groups is 1. The zero-order chi connectivity index (χ0) is 19.1. The van der Waals surface area contributed by atoms with Gasteiger partial charge in [-0.1, -0.05) is 6.07 Å². The van der Waals surface area contributed by atoms with Crippen LogP contribution >= 0.6 is 23.1 Å². The summed E-state index contributed by atoms with van der Waals surface area (Å²) in [6, 6.07) is 3.80. The predicted molar refractivity (Wildman–Crippen MR) is 106 cm³/mol. The Labute approximate surface area is 165 Å². The van der Waals surface area contributed by atoms with Crippen LogP contribution in [0, 0.1) is 0 Å². The Bertz CT molecular complexity index is 816. The summed E-state index contributed by atoms with van der Waals surface area (Å²) in [7, 11) is 0. The Morgan fingerprint density at radius 2 is 2.15 bits per heavy atom. The Balaban J connectivity index is 1.36. The number of imidazole rings is 1. The van der Waals surface area contributed by atoms with E-state index in [0.29, 0.717) is 17.9 Å². The number of nitrogens with zero attached hydrogens (tertiary/aromatic N) is 3. The fourth-order valence-corrected chi connectivity index (χ4v) is 4.18. The first-order valence-corrected chi connectivity index (χ1v) is 10.3. The van der Waals surface area contributed by atoms with Crippen LogP contribution in [0.5, 0.6) is 0 Å². The van der Waals surface area contributed by atoms with E-state index in [0.717, 1.165) is 29.6 Å². The van der Waals surface area contributed by atoms with E-state index in [1.54, 1.807) is 18.6 Å². The Morgan fingerprint density at radius 3 is 2.89 bits per heavy atom. The molecule has 2 aromatic rings. The Hall–Kier alpha value is -2.39. The molecule has 1 fully saturated rings. The lowest BCUT2D eigenvalue weighted by molar-refractivity contribution is -0.124. The normalized spacial score (nSPS) is 15.7. The number of hydrogen-bond donors (Lipinski definition) is 1. The van der Waals surface area contributed by atoms with Crippen molar-refractivity contribution in [1.29, 1.82) is 0 Å². The molecule has 0 aliphatic carbocycles. The van der Waals surface area contributed by atoms with Gasteiger partial charge in [-0.2, -0.15) is 0 Å². The van der Waals surface area contributed by atoms with Crippen molar-refractivity contribution in [2.45, 2.75) is 25.8 Å². The van der Waals surface area contributed by atoms with Crippen molar-refractivity contribution in [3.8, 4) is 0 Å². The third-order valence-corrected chi connectivity index (χ3v) is 5.68. The van der Waals surface area contributed by atoms with Gasteiger partial charge in [-0.15, -0.1) is 11.3 Å². The van der Waals surface area contributed by atoms with Crippen LogP contribution in [-0.2, 0) is 16.1 Å². The highest BCUT2D eigenvalue weighted by Crippen LogP contribution is 2.33. The molecule has 0 saturated carbocycles. The van der Waals surface area contributed by atoms with Crippen LogP contribution in [0.1, 0.15) is 24.1 Å². The van der Waals surface area contributed by atoms with E-state index in [1.807, 2.05) is 28.3 Å². The lowest BCUT2D eigenvalue weighted by Crippen LogP contribution is -2.31. The molecule has 1 aliphatic rings. The minimum atomic E-state index is -0.279. The monoisotopic (exact) mass is 404 g/mol. The van der Waals surface area contributed by atoms with Crippen LogP contribution < -0.4 is 5.32 Å². The van der Waals surface area contributed by atoms with Crippen LogP contribution in [0.4, 0.5) is 4.79 Å². The second-order valence-electron chi connectivity index (χ2n) is 5.96. The second kappa shape index (κ2) is 9.52. The average Bonchev–Trinajstić information content (AvgIpc) is 3.39. The molecule has 1 saturated heterocycles. The molecule has 0 bridgehead atoms. The predicted octanol–water partition coefficient (Wildman–Crippen LogP) is 2.97. The molecule has 0 atom stereocenters. The largest absolute Gasteiger partial charge is 0.356 e. The van der Waals surface area contributed by atoms with Crippen molar-refractivity contribution in [3.05, 3.63) is 46.0 Å². The molecule has 0 unspecified atom stereocenters. The standard InChI is InChI=1S/C18H20N4O3S2/c23-16(20-6-3-8-21-10-7-19-13-21)5-1-9-22-17(24)15(27-18(22)25)12-14-4-2-11-26-14/h2,4,7,10-13H,1,3,5-6,8-9H2,(H,20,23)/b15-12-. The van der Waals surface area contributed by atoms with Crippen LogP contribution in [0.2, 0.25) is 0 Å². The number of nitrogens with one attached hydrogen (secondary N) is 1.